The third kappa shape index (κ3) is 2.57. The Morgan fingerprint density at radius 2 is 2.07 bits per heavy atom. The summed E-state index contributed by atoms with van der Waals surface area (Å²) in [5.74, 6) is 0. The first-order valence-electron chi connectivity index (χ1n) is 3.25. The second-order valence-electron chi connectivity index (χ2n) is 2.32. The van der Waals surface area contributed by atoms with E-state index in [1.54, 1.807) is 22.6 Å². The zero-order valence-electron chi connectivity index (χ0n) is 6.40. The summed E-state index contributed by atoms with van der Waals surface area (Å²) in [7, 11) is 0. The van der Waals surface area contributed by atoms with Crippen molar-refractivity contribution in [3.05, 3.63) is 27.1 Å². The molecule has 7 heteroatoms. The number of halogens is 5. The van der Waals surface area contributed by atoms with Crippen molar-refractivity contribution in [1.82, 2.24) is 4.98 Å². The lowest BCUT2D eigenvalue weighted by Crippen LogP contribution is -2.12. The molecule has 0 aliphatic rings. The normalized spacial score (nSPS) is 11.5. The Labute approximate surface area is 95.6 Å². The first kappa shape index (κ1) is 11.7. The molecule has 1 heterocycles. The zero-order chi connectivity index (χ0) is 10.9. The third-order valence-electron chi connectivity index (χ3n) is 1.39. The number of carbonyl (C=O) groups excluding carboxylic acids is 1. The largest absolute Gasteiger partial charge is 0.418 e. The number of nitrogens with zero attached hydrogens (tertiary/aromatic N) is 1. The Balaban J connectivity index is 3.37. The van der Waals surface area contributed by atoms with Crippen LogP contribution >= 0.6 is 34.2 Å². The van der Waals surface area contributed by atoms with Gasteiger partial charge in [-0.2, -0.15) is 13.2 Å². The van der Waals surface area contributed by atoms with E-state index in [4.69, 9.17) is 11.6 Å². The summed E-state index contributed by atoms with van der Waals surface area (Å²) in [6.07, 6.45) is -4.02. The number of hydrogen-bond donors (Lipinski definition) is 0. The number of rotatable bonds is 1. The van der Waals surface area contributed by atoms with Gasteiger partial charge in [-0.05, 0) is 40.3 Å². The summed E-state index contributed by atoms with van der Waals surface area (Å²) in [4.78, 5) is 14.1. The molecule has 0 bridgehead atoms. The molecule has 0 radical (unpaired) electrons. The molecule has 0 unspecified atom stereocenters. The minimum absolute atomic E-state index is 0.277. The average Bonchev–Trinajstić information content (AvgIpc) is 2.01. The minimum Gasteiger partial charge on any atom is -0.276 e. The molecule has 0 amide bonds. The molecule has 76 valence electrons. The van der Waals surface area contributed by atoms with Crippen molar-refractivity contribution in [2.45, 2.75) is 6.18 Å². The molecule has 0 fully saturated rings. The lowest BCUT2D eigenvalue weighted by atomic mass is 10.1. The molecule has 0 saturated carbocycles. The average molecular weight is 335 g/mol. The molecule has 0 saturated heterocycles. The van der Waals surface area contributed by atoms with Gasteiger partial charge in [0.1, 0.15) is 3.70 Å². The topological polar surface area (TPSA) is 30.0 Å². The van der Waals surface area contributed by atoms with E-state index in [0.717, 1.165) is 6.07 Å². The molecular weight excluding hydrogens is 333 g/mol. The Morgan fingerprint density at radius 3 is 2.50 bits per heavy atom. The fraction of sp³-hybridized carbons (Fsp3) is 0.143. The molecule has 1 aromatic rings. The van der Waals surface area contributed by atoms with Gasteiger partial charge in [-0.25, -0.2) is 4.98 Å². The molecule has 2 nitrogen and oxygen atoms in total. The Hall–Kier alpha value is -0.370. The predicted octanol–water partition coefficient (Wildman–Crippen LogP) is 3.08. The maximum atomic E-state index is 12.3. The van der Waals surface area contributed by atoms with Crippen LogP contribution in [0.2, 0.25) is 0 Å². The van der Waals surface area contributed by atoms with Gasteiger partial charge in [0.15, 0.2) is 0 Å². The van der Waals surface area contributed by atoms with Crippen LogP contribution in [0.25, 0.3) is 0 Å². The summed E-state index contributed by atoms with van der Waals surface area (Å²) < 4.78 is 37.1. The Bertz CT molecular complexity index is 380. The van der Waals surface area contributed by atoms with Crippen LogP contribution < -0.4 is 0 Å². The van der Waals surface area contributed by atoms with Crippen molar-refractivity contribution in [1.29, 1.82) is 0 Å². The van der Waals surface area contributed by atoms with Crippen molar-refractivity contribution in [3.63, 3.8) is 0 Å². The van der Waals surface area contributed by atoms with Gasteiger partial charge in [0.05, 0.1) is 11.1 Å². The summed E-state index contributed by atoms with van der Waals surface area (Å²) in [5, 5.41) is -1.14. The van der Waals surface area contributed by atoms with Crippen LogP contribution in [0, 0.1) is 3.70 Å². The second kappa shape index (κ2) is 4.01. The van der Waals surface area contributed by atoms with Crippen molar-refractivity contribution in [2.75, 3.05) is 0 Å². The first-order chi connectivity index (χ1) is 6.32. The van der Waals surface area contributed by atoms with Crippen LogP contribution in [0.3, 0.4) is 0 Å². The lowest BCUT2D eigenvalue weighted by molar-refractivity contribution is -0.138. The maximum Gasteiger partial charge on any atom is 0.418 e. The highest BCUT2D eigenvalue weighted by atomic mass is 127. The first-order valence-corrected chi connectivity index (χ1v) is 4.70. The Kier molecular flexibility index (Phi) is 3.36. The minimum atomic E-state index is -4.61. The molecule has 0 aliphatic carbocycles. The van der Waals surface area contributed by atoms with E-state index in [-0.39, 0.29) is 3.70 Å². The summed E-state index contributed by atoms with van der Waals surface area (Å²) in [5.41, 5.74) is -1.68. The highest BCUT2D eigenvalue weighted by Gasteiger charge is 2.35. The highest BCUT2D eigenvalue weighted by Crippen LogP contribution is 2.32. The van der Waals surface area contributed by atoms with Crippen molar-refractivity contribution >= 4 is 39.4 Å². The number of pyridine rings is 1. The van der Waals surface area contributed by atoms with E-state index in [1.807, 2.05) is 0 Å². The lowest BCUT2D eigenvalue weighted by Gasteiger charge is -2.09. The van der Waals surface area contributed by atoms with Gasteiger partial charge in [0.2, 0.25) is 0 Å². The van der Waals surface area contributed by atoms with E-state index >= 15 is 0 Å². The Morgan fingerprint density at radius 1 is 1.50 bits per heavy atom. The monoisotopic (exact) mass is 335 g/mol. The number of alkyl halides is 3. The SMILES string of the molecule is O=C(Cl)c1cc(I)ncc1C(F)(F)F. The molecular formula is C7H2ClF3INO. The standard InChI is InChI=1S/C7H2ClF3INO/c8-6(14)3-1-5(12)13-2-4(3)7(9,10)11/h1-2H. The van der Waals surface area contributed by atoms with E-state index < -0.39 is 22.5 Å². The van der Waals surface area contributed by atoms with Crippen LogP contribution in [0.15, 0.2) is 12.3 Å². The zero-order valence-corrected chi connectivity index (χ0v) is 9.31. The van der Waals surface area contributed by atoms with Gasteiger partial charge in [-0.15, -0.1) is 0 Å². The molecule has 0 aromatic carbocycles. The van der Waals surface area contributed by atoms with Gasteiger partial charge >= 0.3 is 6.18 Å². The summed E-state index contributed by atoms with van der Waals surface area (Å²) in [6, 6.07) is 0.999. The highest BCUT2D eigenvalue weighted by molar-refractivity contribution is 14.1. The summed E-state index contributed by atoms with van der Waals surface area (Å²) in [6.45, 7) is 0. The van der Waals surface area contributed by atoms with Crippen LogP contribution in [-0.2, 0) is 6.18 Å². The van der Waals surface area contributed by atoms with E-state index in [9.17, 15) is 18.0 Å². The molecule has 1 aromatic heterocycles. The maximum absolute atomic E-state index is 12.3. The molecule has 0 atom stereocenters. The van der Waals surface area contributed by atoms with Gasteiger partial charge in [0, 0.05) is 6.20 Å². The molecule has 0 aliphatic heterocycles. The van der Waals surface area contributed by atoms with E-state index in [2.05, 4.69) is 4.98 Å². The van der Waals surface area contributed by atoms with Gasteiger partial charge < -0.3 is 0 Å². The van der Waals surface area contributed by atoms with Crippen LogP contribution in [-0.4, -0.2) is 10.2 Å². The quantitative estimate of drug-likeness (QED) is 0.448. The van der Waals surface area contributed by atoms with Gasteiger partial charge in [-0.3, -0.25) is 4.79 Å². The number of carbonyl (C=O) groups is 1. The fourth-order valence-corrected chi connectivity index (χ4v) is 1.43. The number of aromatic nitrogens is 1. The molecule has 0 spiro atoms. The smallest absolute Gasteiger partial charge is 0.276 e. The number of hydrogen-bond acceptors (Lipinski definition) is 2. The van der Waals surface area contributed by atoms with E-state index in [0.29, 0.717) is 6.20 Å². The van der Waals surface area contributed by atoms with E-state index in [1.165, 1.54) is 0 Å². The van der Waals surface area contributed by atoms with Crippen LogP contribution in [0.5, 0.6) is 0 Å². The van der Waals surface area contributed by atoms with Crippen LogP contribution in [0.4, 0.5) is 13.2 Å². The molecule has 1 rings (SSSR count). The summed E-state index contributed by atoms with van der Waals surface area (Å²) >= 11 is 6.71. The van der Waals surface area contributed by atoms with Crippen LogP contribution in [0.1, 0.15) is 15.9 Å². The van der Waals surface area contributed by atoms with Gasteiger partial charge in [-0.1, -0.05) is 0 Å². The van der Waals surface area contributed by atoms with Gasteiger partial charge in [0.25, 0.3) is 5.24 Å². The second-order valence-corrected chi connectivity index (χ2v) is 3.77. The third-order valence-corrected chi connectivity index (χ3v) is 2.18. The van der Waals surface area contributed by atoms with Crippen molar-refractivity contribution in [3.8, 4) is 0 Å². The molecule has 14 heavy (non-hydrogen) atoms. The predicted molar refractivity (Wildman–Crippen MR) is 52.1 cm³/mol. The van der Waals surface area contributed by atoms with Crippen molar-refractivity contribution < 1.29 is 18.0 Å². The fourth-order valence-electron chi connectivity index (χ4n) is 0.818. The molecule has 0 N–H and O–H groups in total. The van der Waals surface area contributed by atoms with Crippen molar-refractivity contribution in [2.24, 2.45) is 0 Å².